The molecule has 1 atom stereocenters. The molecule has 0 bridgehead atoms. The number of likely N-dealkylation sites (tertiary alicyclic amines) is 1. The molecule has 1 fully saturated rings. The lowest BCUT2D eigenvalue weighted by molar-refractivity contribution is -0.192. The summed E-state index contributed by atoms with van der Waals surface area (Å²) in [7, 11) is 0. The van der Waals surface area contributed by atoms with E-state index in [1.165, 1.54) is 22.7 Å². The predicted molar refractivity (Wildman–Crippen MR) is 150 cm³/mol. The van der Waals surface area contributed by atoms with Crippen LogP contribution in [0, 0.1) is 11.3 Å². The summed E-state index contributed by atoms with van der Waals surface area (Å²) in [5.41, 5.74) is 8.29. The van der Waals surface area contributed by atoms with Gasteiger partial charge in [-0.1, -0.05) is 12.1 Å². The van der Waals surface area contributed by atoms with Crippen molar-refractivity contribution in [3.05, 3.63) is 40.6 Å². The Morgan fingerprint density at radius 2 is 1.98 bits per heavy atom. The molecule has 1 unspecified atom stereocenters. The number of benzene rings is 1. The van der Waals surface area contributed by atoms with Crippen molar-refractivity contribution in [1.29, 1.82) is 5.41 Å². The van der Waals surface area contributed by atoms with Crippen LogP contribution in [0.4, 0.5) is 13.2 Å². The lowest BCUT2D eigenvalue weighted by atomic mass is 9.98. The number of amides is 1. The summed E-state index contributed by atoms with van der Waals surface area (Å²) < 4.78 is 38.5. The molecule has 0 aliphatic carbocycles. The number of thiophene rings is 1. The van der Waals surface area contributed by atoms with Crippen molar-refractivity contribution in [2.24, 2.45) is 11.7 Å². The number of thiazole rings is 1. The van der Waals surface area contributed by atoms with Crippen LogP contribution in [-0.4, -0.2) is 75.9 Å². The number of nitrogens with one attached hydrogen (secondary N) is 1. The predicted octanol–water partition coefficient (Wildman–Crippen LogP) is 4.88. The number of rotatable bonds is 8. The first-order valence-electron chi connectivity index (χ1n) is 11.8. The number of hydrogen-bond acceptors (Lipinski definition) is 9. The number of piperidine rings is 1. The van der Waals surface area contributed by atoms with Gasteiger partial charge in [0, 0.05) is 29.6 Å². The summed E-state index contributed by atoms with van der Waals surface area (Å²) in [5.74, 6) is -3.75. The second kappa shape index (κ2) is 13.8. The number of alkyl halides is 3. The van der Waals surface area contributed by atoms with Crippen molar-refractivity contribution in [2.75, 3.05) is 26.0 Å². The molecule has 41 heavy (non-hydrogen) atoms. The summed E-state index contributed by atoms with van der Waals surface area (Å²) >= 11 is 4.61. The van der Waals surface area contributed by atoms with E-state index in [2.05, 4.69) is 0 Å². The third-order valence-corrected chi connectivity index (χ3v) is 8.92. The standard InChI is InChI=1S/C23H24N4O4S3.C2HF3O2/c1-32-23-16(9-18(34-23)20(24)25)21-26-17(12-33-21)13-4-2-6-15(8-13)31-11-19(28)27-7-3-5-14(10-27)22(29)30;3-2(4,5)1(6)7/h2,4,6,8-9,12,14H,3,5,7,10-11H2,1H3,(H3,24,25)(H,29,30);(H,6,7). The lowest BCUT2D eigenvalue weighted by Gasteiger charge is -2.30. The molecule has 0 saturated carbocycles. The van der Waals surface area contributed by atoms with E-state index < -0.39 is 24.0 Å². The Hall–Kier alpha value is -3.63. The summed E-state index contributed by atoms with van der Waals surface area (Å²) in [4.78, 5) is 39.7. The number of nitrogens with zero attached hydrogens (tertiary/aromatic N) is 2. The molecule has 0 spiro atoms. The number of carboxylic acids is 2. The first-order chi connectivity index (χ1) is 19.3. The Morgan fingerprint density at radius 3 is 2.59 bits per heavy atom. The zero-order valence-corrected chi connectivity index (χ0v) is 23.9. The van der Waals surface area contributed by atoms with Crippen LogP contribution < -0.4 is 10.5 Å². The Kier molecular flexibility index (Phi) is 10.8. The molecule has 220 valence electrons. The number of carboxylic acid groups (broad SMARTS) is 2. The van der Waals surface area contributed by atoms with Crippen molar-refractivity contribution >= 4 is 58.1 Å². The van der Waals surface area contributed by atoms with Crippen LogP contribution in [0.3, 0.4) is 0 Å². The van der Waals surface area contributed by atoms with Gasteiger partial charge in [-0.2, -0.15) is 13.2 Å². The Labute approximate surface area is 244 Å². The van der Waals surface area contributed by atoms with Crippen LogP contribution in [0.25, 0.3) is 21.8 Å². The van der Waals surface area contributed by atoms with Gasteiger partial charge >= 0.3 is 18.1 Å². The van der Waals surface area contributed by atoms with E-state index in [4.69, 9.17) is 30.8 Å². The molecule has 0 radical (unpaired) electrons. The van der Waals surface area contributed by atoms with Crippen molar-refractivity contribution in [3.8, 4) is 27.6 Å². The van der Waals surface area contributed by atoms with Crippen molar-refractivity contribution in [2.45, 2.75) is 23.2 Å². The number of thioether (sulfide) groups is 1. The summed E-state index contributed by atoms with van der Waals surface area (Å²) in [6, 6.07) is 9.31. The number of nitrogen functional groups attached to an aromatic ring is 1. The lowest BCUT2D eigenvalue weighted by Crippen LogP contribution is -2.44. The molecule has 3 heterocycles. The fourth-order valence-corrected chi connectivity index (χ4v) is 6.44. The molecule has 1 aliphatic rings. The van der Waals surface area contributed by atoms with Crippen LogP contribution in [0.15, 0.2) is 39.9 Å². The summed E-state index contributed by atoms with van der Waals surface area (Å²) in [6.07, 6.45) is -1.82. The van der Waals surface area contributed by atoms with Gasteiger partial charge in [0.1, 0.15) is 16.6 Å². The topological polar surface area (TPSA) is 167 Å². The maximum atomic E-state index is 12.5. The van der Waals surface area contributed by atoms with Gasteiger partial charge in [-0.05, 0) is 37.3 Å². The Balaban J connectivity index is 0.000000587. The van der Waals surface area contributed by atoms with E-state index in [-0.39, 0.29) is 24.9 Å². The zero-order valence-electron chi connectivity index (χ0n) is 21.4. The highest BCUT2D eigenvalue weighted by molar-refractivity contribution is 8.00. The van der Waals surface area contributed by atoms with E-state index in [1.807, 2.05) is 35.9 Å². The highest BCUT2D eigenvalue weighted by Crippen LogP contribution is 2.40. The fourth-order valence-electron chi connectivity index (χ4n) is 3.72. The van der Waals surface area contributed by atoms with Gasteiger partial charge in [0.25, 0.3) is 5.91 Å². The third-order valence-electron chi connectivity index (χ3n) is 5.74. The van der Waals surface area contributed by atoms with Gasteiger partial charge < -0.3 is 25.6 Å². The van der Waals surface area contributed by atoms with Crippen molar-refractivity contribution in [1.82, 2.24) is 9.88 Å². The number of carbonyl (C=O) groups is 3. The molecule has 3 aromatic rings. The fraction of sp³-hybridized carbons (Fsp3) is 0.320. The van der Waals surface area contributed by atoms with Gasteiger partial charge in [0.15, 0.2) is 6.61 Å². The number of nitrogens with two attached hydrogens (primary N) is 1. The minimum absolute atomic E-state index is 0.0470. The van der Waals surface area contributed by atoms with E-state index in [9.17, 15) is 27.9 Å². The highest BCUT2D eigenvalue weighted by Gasteiger charge is 2.38. The van der Waals surface area contributed by atoms with Gasteiger partial charge in [0.05, 0.1) is 20.7 Å². The maximum absolute atomic E-state index is 12.5. The normalized spacial score (nSPS) is 15.0. The minimum atomic E-state index is -5.08. The number of hydrogen-bond donors (Lipinski definition) is 4. The summed E-state index contributed by atoms with van der Waals surface area (Å²) in [6.45, 7) is 0.641. The molecule has 10 nitrogen and oxygen atoms in total. The van der Waals surface area contributed by atoms with Crippen LogP contribution in [-0.2, 0) is 14.4 Å². The van der Waals surface area contributed by atoms with Crippen LogP contribution >= 0.6 is 34.4 Å². The second-order valence-corrected chi connectivity index (χ2v) is 11.6. The molecular formula is C25H25F3N4O6S3. The smallest absolute Gasteiger partial charge is 0.484 e. The van der Waals surface area contributed by atoms with Crippen molar-refractivity contribution < 1.29 is 42.5 Å². The highest BCUT2D eigenvalue weighted by atomic mass is 32.2. The average molecular weight is 631 g/mol. The molecule has 1 saturated heterocycles. The second-order valence-electron chi connectivity index (χ2n) is 8.60. The van der Waals surface area contributed by atoms with Crippen LogP contribution in [0.2, 0.25) is 0 Å². The quantitative estimate of drug-likeness (QED) is 0.154. The summed E-state index contributed by atoms with van der Waals surface area (Å²) in [5, 5.41) is 26.9. The number of ether oxygens (including phenoxy) is 1. The Bertz CT molecular complexity index is 1430. The Morgan fingerprint density at radius 1 is 1.27 bits per heavy atom. The van der Waals surface area contributed by atoms with Gasteiger partial charge in [-0.3, -0.25) is 15.0 Å². The third kappa shape index (κ3) is 8.68. The molecule has 1 aliphatic heterocycles. The van der Waals surface area contributed by atoms with Crippen LogP contribution in [0.5, 0.6) is 5.75 Å². The number of halogens is 3. The molecule has 1 aromatic carbocycles. The monoisotopic (exact) mass is 630 g/mol. The SMILES string of the molecule is CSc1sc(C(=N)N)cc1-c1nc(-c2cccc(OCC(=O)N3CCCC(C(=O)O)C3)c2)cs1.O=C(O)C(F)(F)F. The van der Waals surface area contributed by atoms with Crippen molar-refractivity contribution in [3.63, 3.8) is 0 Å². The van der Waals surface area contributed by atoms with E-state index in [0.717, 1.165) is 30.9 Å². The first-order valence-corrected chi connectivity index (χ1v) is 14.7. The first kappa shape index (κ1) is 31.9. The van der Waals surface area contributed by atoms with Gasteiger partial charge in [-0.25, -0.2) is 9.78 Å². The molecule has 5 N–H and O–H groups in total. The molecule has 1 amide bonds. The van der Waals surface area contributed by atoms with Gasteiger partial charge in [0.2, 0.25) is 0 Å². The maximum Gasteiger partial charge on any atom is 0.490 e. The van der Waals surface area contributed by atoms with E-state index in [1.54, 1.807) is 22.7 Å². The molecule has 2 aromatic heterocycles. The zero-order chi connectivity index (χ0) is 30.3. The van der Waals surface area contributed by atoms with Gasteiger partial charge in [-0.15, -0.1) is 34.4 Å². The largest absolute Gasteiger partial charge is 0.490 e. The van der Waals surface area contributed by atoms with E-state index >= 15 is 0 Å². The van der Waals surface area contributed by atoms with E-state index in [0.29, 0.717) is 25.1 Å². The van der Waals surface area contributed by atoms with Crippen LogP contribution in [0.1, 0.15) is 17.7 Å². The molecule has 4 rings (SSSR count). The number of carbonyl (C=O) groups excluding carboxylic acids is 1. The minimum Gasteiger partial charge on any atom is -0.484 e. The average Bonchev–Trinajstić information content (AvgIpc) is 3.59. The number of aliphatic carboxylic acids is 2. The molecular weight excluding hydrogens is 605 g/mol. The molecule has 16 heteroatoms. The number of amidine groups is 1. The number of aromatic nitrogens is 1.